The fourth-order valence-electron chi connectivity index (χ4n) is 10.2. The van der Waals surface area contributed by atoms with E-state index in [0.717, 1.165) is 13.1 Å². The lowest BCUT2D eigenvalue weighted by Crippen LogP contribution is -2.02. The third-order valence-corrected chi connectivity index (χ3v) is 15.2. The Kier molecular flexibility index (Phi) is 18.1. The van der Waals surface area contributed by atoms with Crippen LogP contribution in [0.15, 0.2) is 83.6 Å². The van der Waals surface area contributed by atoms with Gasteiger partial charge in [0.25, 0.3) is 0 Å². The molecule has 2 nitrogen and oxygen atoms in total. The van der Waals surface area contributed by atoms with Gasteiger partial charge in [0.1, 0.15) is 0 Å². The molecule has 60 heavy (non-hydrogen) atoms. The van der Waals surface area contributed by atoms with Crippen LogP contribution >= 0.6 is 22.7 Å². The van der Waals surface area contributed by atoms with Gasteiger partial charge in [-0.25, -0.2) is 0 Å². The molecule has 0 aliphatic carbocycles. The fraction of sp³-hybridized carbons (Fsp3) is 0.536. The predicted octanol–water partition coefficient (Wildman–Crippen LogP) is 19.5. The average Bonchev–Trinajstić information content (AvgIpc) is 4.11. The lowest BCUT2D eigenvalue weighted by atomic mass is 9.95. The number of aromatic nitrogens is 2. The van der Waals surface area contributed by atoms with Crippen molar-refractivity contribution in [3.8, 4) is 20.9 Å². The monoisotopic (exact) mass is 841 g/mol. The third kappa shape index (κ3) is 11.2. The molecule has 7 aromatic rings. The molecule has 0 N–H and O–H groups in total. The van der Waals surface area contributed by atoms with E-state index in [0.29, 0.717) is 0 Å². The molecular formula is C56H76N2S2. The van der Waals surface area contributed by atoms with E-state index in [9.17, 15) is 0 Å². The molecule has 4 heteroatoms. The van der Waals surface area contributed by atoms with Crippen molar-refractivity contribution in [2.75, 3.05) is 0 Å². The second-order valence-electron chi connectivity index (χ2n) is 18.0. The molecule has 3 aromatic carbocycles. The summed E-state index contributed by atoms with van der Waals surface area (Å²) < 4.78 is 5.49. The molecule has 4 heterocycles. The van der Waals surface area contributed by atoms with Crippen LogP contribution in [-0.4, -0.2) is 9.13 Å². The SMILES string of the molecule is CCCCCCCCCCCCCCCn1c2ccccc2c2c(-c3cccs3)c3c(c(-c4cccs4)c21)c1ccccc1n3CCCCCCCCCCCCCCC. The minimum atomic E-state index is 1.06. The summed E-state index contributed by atoms with van der Waals surface area (Å²) in [5, 5.41) is 10.3. The molecule has 322 valence electrons. The summed E-state index contributed by atoms with van der Waals surface area (Å²) >= 11 is 3.82. The first-order valence-electron chi connectivity index (χ1n) is 24.9. The number of fused-ring (bicyclic) bond motifs is 6. The number of nitrogens with zero attached hydrogens (tertiary/aromatic N) is 2. The van der Waals surface area contributed by atoms with Gasteiger partial charge < -0.3 is 9.13 Å². The molecule has 0 atom stereocenters. The van der Waals surface area contributed by atoms with E-state index in [2.05, 4.69) is 107 Å². The number of benzene rings is 3. The summed E-state index contributed by atoms with van der Waals surface area (Å²) in [7, 11) is 0. The van der Waals surface area contributed by atoms with Crippen LogP contribution in [0.25, 0.3) is 64.5 Å². The molecule has 0 saturated heterocycles. The van der Waals surface area contributed by atoms with Crippen molar-refractivity contribution < 1.29 is 0 Å². The summed E-state index contributed by atoms with van der Waals surface area (Å²) in [6, 6.07) is 28.0. The Morgan fingerprint density at radius 2 is 0.667 bits per heavy atom. The molecule has 7 rings (SSSR count). The largest absolute Gasteiger partial charge is 0.340 e. The van der Waals surface area contributed by atoms with E-state index in [1.165, 1.54) is 231 Å². The van der Waals surface area contributed by atoms with Crippen molar-refractivity contribution in [3.05, 3.63) is 83.6 Å². The van der Waals surface area contributed by atoms with Gasteiger partial charge in [-0.05, 0) is 47.9 Å². The first-order valence-corrected chi connectivity index (χ1v) is 26.6. The molecule has 4 aromatic heterocycles. The molecule has 0 radical (unpaired) electrons. The summed E-state index contributed by atoms with van der Waals surface area (Å²) in [6.07, 6.45) is 36.0. The Morgan fingerprint density at radius 3 is 0.983 bits per heavy atom. The van der Waals surface area contributed by atoms with Crippen molar-refractivity contribution in [3.63, 3.8) is 0 Å². The Labute approximate surface area is 371 Å². The highest BCUT2D eigenvalue weighted by Crippen LogP contribution is 2.52. The molecule has 0 unspecified atom stereocenters. The van der Waals surface area contributed by atoms with Gasteiger partial charge in [-0.1, -0.05) is 216 Å². The van der Waals surface area contributed by atoms with Gasteiger partial charge in [0.2, 0.25) is 0 Å². The number of rotatable bonds is 30. The summed E-state index contributed by atoms with van der Waals surface area (Å²) in [6.45, 7) is 6.75. The zero-order valence-electron chi connectivity index (χ0n) is 37.6. The molecule has 0 fully saturated rings. The zero-order chi connectivity index (χ0) is 41.2. The molecular weight excluding hydrogens is 765 g/mol. The second kappa shape index (κ2) is 24.3. The van der Waals surface area contributed by atoms with E-state index in [1.54, 1.807) is 0 Å². The van der Waals surface area contributed by atoms with Gasteiger partial charge in [0, 0.05) is 66.5 Å². The van der Waals surface area contributed by atoms with Crippen LogP contribution in [-0.2, 0) is 13.1 Å². The van der Waals surface area contributed by atoms with Crippen molar-refractivity contribution in [2.24, 2.45) is 0 Å². The highest BCUT2D eigenvalue weighted by Gasteiger charge is 2.28. The lowest BCUT2D eigenvalue weighted by Gasteiger charge is -2.17. The lowest BCUT2D eigenvalue weighted by molar-refractivity contribution is 0.530. The zero-order valence-corrected chi connectivity index (χ0v) is 39.2. The fourth-order valence-corrected chi connectivity index (χ4v) is 11.8. The van der Waals surface area contributed by atoms with Crippen LogP contribution in [0.4, 0.5) is 0 Å². The first kappa shape index (κ1) is 44.7. The van der Waals surface area contributed by atoms with Gasteiger partial charge >= 0.3 is 0 Å². The van der Waals surface area contributed by atoms with E-state index < -0.39 is 0 Å². The number of aryl methyl sites for hydroxylation is 2. The molecule has 0 aliphatic rings. The summed E-state index contributed by atoms with van der Waals surface area (Å²) in [5.41, 5.74) is 8.56. The van der Waals surface area contributed by atoms with Crippen molar-refractivity contribution in [1.82, 2.24) is 9.13 Å². The molecule has 0 saturated carbocycles. The quantitative estimate of drug-likeness (QED) is 0.0399. The Bertz CT molecular complexity index is 2100. The number of hydrogen-bond acceptors (Lipinski definition) is 2. The van der Waals surface area contributed by atoms with Gasteiger partial charge in [-0.15, -0.1) is 22.7 Å². The van der Waals surface area contributed by atoms with Crippen LogP contribution in [0.2, 0.25) is 0 Å². The summed E-state index contributed by atoms with van der Waals surface area (Å²) in [4.78, 5) is 2.78. The summed E-state index contributed by atoms with van der Waals surface area (Å²) in [5.74, 6) is 0. The van der Waals surface area contributed by atoms with Gasteiger partial charge in [-0.2, -0.15) is 0 Å². The second-order valence-corrected chi connectivity index (χ2v) is 19.9. The number of thiophene rings is 2. The predicted molar refractivity (Wildman–Crippen MR) is 270 cm³/mol. The van der Waals surface area contributed by atoms with Crippen LogP contribution in [0.3, 0.4) is 0 Å². The molecule has 0 amide bonds. The topological polar surface area (TPSA) is 9.86 Å². The van der Waals surface area contributed by atoms with E-state index >= 15 is 0 Å². The third-order valence-electron chi connectivity index (χ3n) is 13.4. The van der Waals surface area contributed by atoms with Crippen LogP contribution < -0.4 is 0 Å². The van der Waals surface area contributed by atoms with Crippen LogP contribution in [0.1, 0.15) is 181 Å². The Morgan fingerprint density at radius 1 is 0.350 bits per heavy atom. The standard InChI is InChI=1S/C56H76N2S2/c1-3-5-7-9-11-13-15-17-19-21-23-25-31-41-57-47-37-29-27-35-45(47)51-54(50-40-34-44-60-50)56-52(53(55(51)57)49-39-33-43-59-49)46-36-28-30-38-48(46)58(56)42-32-26-24-22-20-18-16-14-12-10-8-6-4-2/h27-30,33-40,43-44H,3-26,31-32,41-42H2,1-2H3. The normalized spacial score (nSPS) is 12.0. The van der Waals surface area contributed by atoms with Crippen molar-refractivity contribution in [1.29, 1.82) is 0 Å². The van der Waals surface area contributed by atoms with Crippen molar-refractivity contribution >= 4 is 66.3 Å². The van der Waals surface area contributed by atoms with Crippen LogP contribution in [0.5, 0.6) is 0 Å². The minimum absolute atomic E-state index is 1.06. The Balaban J connectivity index is 1.14. The molecule has 0 aliphatic heterocycles. The minimum Gasteiger partial charge on any atom is -0.340 e. The maximum atomic E-state index is 2.74. The van der Waals surface area contributed by atoms with Gasteiger partial charge in [-0.3, -0.25) is 0 Å². The first-order chi connectivity index (χ1) is 29.8. The number of unbranched alkanes of at least 4 members (excludes halogenated alkanes) is 24. The van der Waals surface area contributed by atoms with E-state index in [-0.39, 0.29) is 0 Å². The smallest absolute Gasteiger partial charge is 0.0593 e. The number of hydrogen-bond donors (Lipinski definition) is 0. The van der Waals surface area contributed by atoms with E-state index in [4.69, 9.17) is 0 Å². The highest BCUT2D eigenvalue weighted by molar-refractivity contribution is 7.14. The van der Waals surface area contributed by atoms with Gasteiger partial charge in [0.15, 0.2) is 0 Å². The highest BCUT2D eigenvalue weighted by atomic mass is 32.1. The van der Waals surface area contributed by atoms with E-state index in [1.807, 2.05) is 22.7 Å². The van der Waals surface area contributed by atoms with Crippen LogP contribution in [0, 0.1) is 0 Å². The number of para-hydroxylation sites is 2. The average molecular weight is 841 g/mol. The van der Waals surface area contributed by atoms with Gasteiger partial charge in [0.05, 0.1) is 11.0 Å². The molecule has 0 spiro atoms. The Hall–Kier alpha value is -3.34. The maximum absolute atomic E-state index is 2.74. The molecule has 0 bridgehead atoms. The maximum Gasteiger partial charge on any atom is 0.0593 e. The van der Waals surface area contributed by atoms with Crippen molar-refractivity contribution in [2.45, 2.75) is 194 Å².